The second-order valence-electron chi connectivity index (χ2n) is 5.16. The fourth-order valence-electron chi connectivity index (χ4n) is 2.68. The Morgan fingerprint density at radius 2 is 2.40 bits per heavy atom. The molecule has 0 unspecified atom stereocenters. The molecule has 0 radical (unpaired) electrons. The van der Waals surface area contributed by atoms with Gasteiger partial charge in [0, 0.05) is 24.5 Å². The van der Waals surface area contributed by atoms with Crippen molar-refractivity contribution in [1.82, 2.24) is 4.98 Å². The number of halogens is 1. The standard InChI is InChI=1S/C14H15ClN2O3/c15-10-3-4-12-11(7-10)16-14(20-12)17-5-1-2-9(8-17)6-13(18)19/h3-4,7,9H,1-2,5-6,8H2,(H,18,19)/t9-/m1/s1. The van der Waals surface area contributed by atoms with Crippen LogP contribution < -0.4 is 4.90 Å². The van der Waals surface area contributed by atoms with E-state index in [1.54, 1.807) is 18.2 Å². The van der Waals surface area contributed by atoms with Crippen molar-refractivity contribution in [1.29, 1.82) is 0 Å². The van der Waals surface area contributed by atoms with Crippen LogP contribution in [0.4, 0.5) is 6.01 Å². The average molecular weight is 295 g/mol. The number of anilines is 1. The second kappa shape index (κ2) is 5.32. The lowest BCUT2D eigenvalue weighted by Crippen LogP contribution is -2.36. The summed E-state index contributed by atoms with van der Waals surface area (Å²) in [5.41, 5.74) is 1.43. The van der Waals surface area contributed by atoms with Gasteiger partial charge in [0.05, 0.1) is 0 Å². The molecule has 6 heteroatoms. The highest BCUT2D eigenvalue weighted by atomic mass is 35.5. The summed E-state index contributed by atoms with van der Waals surface area (Å²) in [6, 6.07) is 5.88. The van der Waals surface area contributed by atoms with Gasteiger partial charge in [-0.15, -0.1) is 0 Å². The van der Waals surface area contributed by atoms with Crippen molar-refractivity contribution >= 4 is 34.7 Å². The van der Waals surface area contributed by atoms with Crippen LogP contribution in [0.25, 0.3) is 11.1 Å². The number of rotatable bonds is 3. The molecule has 0 spiro atoms. The van der Waals surface area contributed by atoms with Gasteiger partial charge >= 0.3 is 5.97 Å². The SMILES string of the molecule is O=C(O)C[C@H]1CCCN(c2nc3cc(Cl)ccc3o2)C1. The molecule has 1 aliphatic heterocycles. The molecular weight excluding hydrogens is 280 g/mol. The molecule has 0 saturated carbocycles. The van der Waals surface area contributed by atoms with Gasteiger partial charge in [-0.1, -0.05) is 11.6 Å². The fraction of sp³-hybridized carbons (Fsp3) is 0.429. The quantitative estimate of drug-likeness (QED) is 0.942. The summed E-state index contributed by atoms with van der Waals surface area (Å²) in [6.07, 6.45) is 2.09. The molecule has 1 fully saturated rings. The zero-order valence-electron chi connectivity index (χ0n) is 10.9. The third-order valence-corrected chi connectivity index (χ3v) is 3.83. The maximum Gasteiger partial charge on any atom is 0.303 e. The van der Waals surface area contributed by atoms with E-state index in [9.17, 15) is 4.79 Å². The van der Waals surface area contributed by atoms with E-state index >= 15 is 0 Å². The van der Waals surface area contributed by atoms with Crippen LogP contribution in [0.2, 0.25) is 5.02 Å². The normalized spacial score (nSPS) is 19.4. The average Bonchev–Trinajstić information content (AvgIpc) is 2.81. The first kappa shape index (κ1) is 13.2. The number of hydrogen-bond donors (Lipinski definition) is 1. The van der Waals surface area contributed by atoms with Gasteiger partial charge in [-0.3, -0.25) is 4.79 Å². The van der Waals surface area contributed by atoms with Crippen LogP contribution in [0, 0.1) is 5.92 Å². The summed E-state index contributed by atoms with van der Waals surface area (Å²) in [6.45, 7) is 1.52. The van der Waals surface area contributed by atoms with Crippen molar-refractivity contribution in [3.05, 3.63) is 23.2 Å². The van der Waals surface area contributed by atoms with E-state index in [1.807, 2.05) is 4.90 Å². The Labute approximate surface area is 121 Å². The van der Waals surface area contributed by atoms with Crippen LogP contribution in [0.15, 0.2) is 22.6 Å². The Morgan fingerprint density at radius 3 is 3.20 bits per heavy atom. The Bertz CT molecular complexity index is 640. The number of piperidine rings is 1. The lowest BCUT2D eigenvalue weighted by Gasteiger charge is -2.30. The summed E-state index contributed by atoms with van der Waals surface area (Å²) in [5, 5.41) is 9.52. The van der Waals surface area contributed by atoms with Gasteiger partial charge in [0.15, 0.2) is 5.58 Å². The fourth-order valence-corrected chi connectivity index (χ4v) is 2.84. The summed E-state index contributed by atoms with van der Waals surface area (Å²) in [7, 11) is 0. The first-order valence-corrected chi connectivity index (χ1v) is 7.02. The van der Waals surface area contributed by atoms with Gasteiger partial charge < -0.3 is 14.4 Å². The first-order valence-electron chi connectivity index (χ1n) is 6.64. The number of carboxylic acid groups (broad SMARTS) is 1. The molecule has 3 rings (SSSR count). The van der Waals surface area contributed by atoms with Crippen molar-refractivity contribution in [3.63, 3.8) is 0 Å². The summed E-state index contributed by atoms with van der Waals surface area (Å²) >= 11 is 5.93. The van der Waals surface area contributed by atoms with E-state index in [0.29, 0.717) is 23.2 Å². The Morgan fingerprint density at radius 1 is 1.55 bits per heavy atom. The van der Waals surface area contributed by atoms with Crippen LogP contribution in [-0.4, -0.2) is 29.1 Å². The topological polar surface area (TPSA) is 66.6 Å². The predicted molar refractivity (Wildman–Crippen MR) is 76.2 cm³/mol. The number of carbonyl (C=O) groups is 1. The molecule has 0 bridgehead atoms. The number of aromatic nitrogens is 1. The smallest absolute Gasteiger partial charge is 0.303 e. The van der Waals surface area contributed by atoms with Crippen molar-refractivity contribution < 1.29 is 14.3 Å². The number of fused-ring (bicyclic) bond motifs is 1. The van der Waals surface area contributed by atoms with Gasteiger partial charge in [0.25, 0.3) is 6.01 Å². The predicted octanol–water partition coefficient (Wildman–Crippen LogP) is 3.17. The minimum absolute atomic E-state index is 0.153. The first-order chi connectivity index (χ1) is 9.61. The highest BCUT2D eigenvalue weighted by Gasteiger charge is 2.25. The molecule has 0 amide bonds. The molecular formula is C14H15ClN2O3. The zero-order valence-corrected chi connectivity index (χ0v) is 11.6. The maximum absolute atomic E-state index is 10.8. The molecule has 1 aromatic heterocycles. The van der Waals surface area contributed by atoms with Crippen molar-refractivity contribution in [3.8, 4) is 0 Å². The third kappa shape index (κ3) is 2.72. The van der Waals surface area contributed by atoms with Crippen LogP contribution in [0.3, 0.4) is 0 Å². The number of hydrogen-bond acceptors (Lipinski definition) is 4. The highest BCUT2D eigenvalue weighted by Crippen LogP contribution is 2.28. The van der Waals surface area contributed by atoms with E-state index in [1.165, 1.54) is 0 Å². The number of nitrogens with zero attached hydrogens (tertiary/aromatic N) is 2. The molecule has 2 aromatic rings. The second-order valence-corrected chi connectivity index (χ2v) is 5.60. The summed E-state index contributed by atoms with van der Waals surface area (Å²) < 4.78 is 5.72. The number of benzene rings is 1. The molecule has 5 nitrogen and oxygen atoms in total. The molecule has 1 N–H and O–H groups in total. The Balaban J connectivity index is 1.81. The molecule has 1 atom stereocenters. The highest BCUT2D eigenvalue weighted by molar-refractivity contribution is 6.31. The van der Waals surface area contributed by atoms with Crippen LogP contribution in [-0.2, 0) is 4.79 Å². The van der Waals surface area contributed by atoms with Gasteiger partial charge in [0.1, 0.15) is 5.52 Å². The van der Waals surface area contributed by atoms with Crippen LogP contribution in [0.1, 0.15) is 19.3 Å². The largest absolute Gasteiger partial charge is 0.481 e. The van der Waals surface area contributed by atoms with E-state index in [0.717, 1.165) is 24.9 Å². The molecule has 0 aliphatic carbocycles. The third-order valence-electron chi connectivity index (χ3n) is 3.59. The monoisotopic (exact) mass is 294 g/mol. The number of oxazole rings is 1. The molecule has 1 aromatic carbocycles. The lowest BCUT2D eigenvalue weighted by atomic mass is 9.95. The summed E-state index contributed by atoms with van der Waals surface area (Å²) in [4.78, 5) is 17.3. The Hall–Kier alpha value is -1.75. The molecule has 20 heavy (non-hydrogen) atoms. The lowest BCUT2D eigenvalue weighted by molar-refractivity contribution is -0.138. The van der Waals surface area contributed by atoms with Gasteiger partial charge in [-0.2, -0.15) is 4.98 Å². The van der Waals surface area contributed by atoms with Crippen molar-refractivity contribution in [2.75, 3.05) is 18.0 Å². The number of carboxylic acids is 1. The van der Waals surface area contributed by atoms with E-state index < -0.39 is 5.97 Å². The molecule has 2 heterocycles. The molecule has 106 valence electrons. The van der Waals surface area contributed by atoms with Crippen LogP contribution in [0.5, 0.6) is 0 Å². The van der Waals surface area contributed by atoms with Crippen molar-refractivity contribution in [2.45, 2.75) is 19.3 Å². The maximum atomic E-state index is 10.8. The van der Waals surface area contributed by atoms with Crippen LogP contribution >= 0.6 is 11.6 Å². The van der Waals surface area contributed by atoms with E-state index in [-0.39, 0.29) is 12.3 Å². The minimum Gasteiger partial charge on any atom is -0.481 e. The number of aliphatic carboxylic acids is 1. The zero-order chi connectivity index (χ0) is 14.1. The molecule has 1 aliphatic rings. The van der Waals surface area contributed by atoms with Gasteiger partial charge in [-0.05, 0) is 37.0 Å². The minimum atomic E-state index is -0.749. The van der Waals surface area contributed by atoms with E-state index in [4.69, 9.17) is 21.1 Å². The Kier molecular flexibility index (Phi) is 3.53. The summed E-state index contributed by atoms with van der Waals surface area (Å²) in [5.74, 6) is -0.596. The van der Waals surface area contributed by atoms with Gasteiger partial charge in [-0.25, -0.2) is 0 Å². The molecule has 1 saturated heterocycles. The van der Waals surface area contributed by atoms with Crippen molar-refractivity contribution in [2.24, 2.45) is 5.92 Å². The van der Waals surface area contributed by atoms with E-state index in [2.05, 4.69) is 4.98 Å². The van der Waals surface area contributed by atoms with Gasteiger partial charge in [0.2, 0.25) is 0 Å².